The molecule has 0 aliphatic carbocycles. The fourth-order valence-corrected chi connectivity index (χ4v) is 35.8. The van der Waals surface area contributed by atoms with Crippen LogP contribution in [0, 0.1) is 21.5 Å². The second-order valence-electron chi connectivity index (χ2n) is 15.1. The molecule has 0 atom stereocenters. The molecule has 1 aromatic rings. The molecule has 0 spiro atoms. The zero-order valence-corrected chi connectivity index (χ0v) is 35.4. The SMILES string of the molecule is CCN(CC)C(=Nc1ccccc1)[S][Ga](/[C](=C\C(C)(C)C)[Ge]([C]#CC(C)(C)C)[N](CC)CC)[N](C(C)(C)C)C(C)(C)C. The number of aliphatic imine (C=N–C) groups is 1. The van der Waals surface area contributed by atoms with Crippen molar-refractivity contribution in [3.63, 3.8) is 0 Å². The van der Waals surface area contributed by atoms with Gasteiger partial charge < -0.3 is 0 Å². The number of nitrogens with zero attached hydrogens (tertiary/aromatic N) is 4. The number of rotatable bonds is 10. The van der Waals surface area contributed by atoms with Crippen molar-refractivity contribution in [2.75, 3.05) is 26.2 Å². The first-order valence-electron chi connectivity index (χ1n) is 15.9. The first-order chi connectivity index (χ1) is 19.2. The molecule has 0 N–H and O–H groups in total. The van der Waals surface area contributed by atoms with E-state index < -0.39 is 29.8 Å². The molecule has 0 saturated carbocycles. The molecule has 42 heavy (non-hydrogen) atoms. The van der Waals surface area contributed by atoms with Crippen LogP contribution in [0.4, 0.5) is 5.69 Å². The predicted octanol–water partition coefficient (Wildman–Crippen LogP) is 9.11. The molecular weight excluding hydrogens is 651 g/mol. The van der Waals surface area contributed by atoms with Gasteiger partial charge in [-0.15, -0.1) is 0 Å². The van der Waals surface area contributed by atoms with E-state index in [1.54, 1.807) is 2.96 Å². The minimum absolute atomic E-state index is 0.00183. The Hall–Kier alpha value is -0.561. The molecule has 0 aliphatic heterocycles. The van der Waals surface area contributed by atoms with E-state index in [0.29, 0.717) is 0 Å². The number of benzene rings is 1. The van der Waals surface area contributed by atoms with Crippen LogP contribution < -0.4 is 0 Å². The summed E-state index contributed by atoms with van der Waals surface area (Å²) in [4.78, 5) is 7.83. The van der Waals surface area contributed by atoms with Gasteiger partial charge in [-0.2, -0.15) is 0 Å². The number of hydrogen-bond donors (Lipinski definition) is 0. The number of amidine groups is 1. The molecule has 235 valence electrons. The van der Waals surface area contributed by atoms with E-state index in [1.807, 2.05) is 0 Å². The molecule has 1 radical (unpaired) electrons. The van der Waals surface area contributed by atoms with E-state index in [-0.39, 0.29) is 21.9 Å². The van der Waals surface area contributed by atoms with E-state index >= 15 is 0 Å². The van der Waals surface area contributed by atoms with Gasteiger partial charge in [-0.1, -0.05) is 0 Å². The molecule has 0 heterocycles. The van der Waals surface area contributed by atoms with Crippen molar-refractivity contribution in [3.05, 3.63) is 39.4 Å². The van der Waals surface area contributed by atoms with Crippen molar-refractivity contribution in [1.82, 2.24) is 12.4 Å². The molecular formula is C35H62GaGeN4S. The van der Waals surface area contributed by atoms with Gasteiger partial charge in [0.05, 0.1) is 0 Å². The topological polar surface area (TPSA) is 22.1 Å². The van der Waals surface area contributed by atoms with Crippen LogP contribution in [0.1, 0.15) is 111 Å². The first-order valence-corrected chi connectivity index (χ1v) is 25.1. The molecule has 4 nitrogen and oxygen atoms in total. The molecule has 0 aliphatic rings. The van der Waals surface area contributed by atoms with Crippen LogP contribution in [-0.2, 0) is 0 Å². The molecule has 0 aromatic heterocycles. The normalized spacial score (nSPS) is 14.0. The summed E-state index contributed by atoms with van der Waals surface area (Å²) in [5, 5.41) is 1.16. The van der Waals surface area contributed by atoms with Gasteiger partial charge in [-0.3, -0.25) is 0 Å². The Balaban J connectivity index is 4.26. The monoisotopic (exact) mass is 713 g/mol. The fraction of sp³-hybridized carbons (Fsp3) is 0.686. The third kappa shape index (κ3) is 13.2. The molecule has 1 rings (SSSR count). The van der Waals surface area contributed by atoms with Gasteiger partial charge in [0.15, 0.2) is 0 Å². The van der Waals surface area contributed by atoms with Gasteiger partial charge in [0, 0.05) is 0 Å². The van der Waals surface area contributed by atoms with E-state index in [4.69, 9.17) is 4.99 Å². The van der Waals surface area contributed by atoms with Crippen molar-refractivity contribution in [2.24, 2.45) is 15.8 Å². The van der Waals surface area contributed by atoms with Gasteiger partial charge in [-0.25, -0.2) is 0 Å². The standard InChI is InChI=1S/C16H29GeN.C11H16N2S.C8H18N.Ga/c1-9-18(10-2)17(13-11-15(3,4)5)14-12-16(6,7)8;1-3-13(4-2)11(14)12-10-8-6-5-7-9-10;1-7(2,3)9-8(4,5)6;/h11H,9-10H2,1-8H3;5-9H,3-4H2,1-2H3,(H,12,14);1-6H3;/q;;-1;+2/p-1. The Bertz CT molecular complexity index is 1060. The molecule has 1 aromatic carbocycles. The predicted molar refractivity (Wildman–Crippen MR) is 195 cm³/mol. The third-order valence-corrected chi connectivity index (χ3v) is 31.4. The number of allylic oxidation sites excluding steroid dienone is 1. The molecule has 0 saturated heterocycles. The first kappa shape index (κ1) is 39.5. The van der Waals surface area contributed by atoms with Crippen molar-refractivity contribution in [3.8, 4) is 10.7 Å². The Morgan fingerprint density at radius 1 is 0.810 bits per heavy atom. The quantitative estimate of drug-likeness (QED) is 0.104. The maximum absolute atomic E-state index is 5.36. The summed E-state index contributed by atoms with van der Waals surface area (Å²) in [7, 11) is 2.12. The maximum atomic E-state index is 5.36. The zero-order chi connectivity index (χ0) is 32.5. The van der Waals surface area contributed by atoms with Gasteiger partial charge in [0.2, 0.25) is 0 Å². The zero-order valence-electron chi connectivity index (χ0n) is 30.1. The summed E-state index contributed by atoms with van der Waals surface area (Å²) in [6.45, 7) is 41.5. The number of para-hydroxylation sites is 1. The molecule has 0 fully saturated rings. The average molecular weight is 713 g/mol. The van der Waals surface area contributed by atoms with E-state index in [0.717, 1.165) is 37.0 Å². The van der Waals surface area contributed by atoms with E-state index in [1.165, 1.54) is 0 Å². The third-order valence-electron chi connectivity index (χ3n) is 6.68. The summed E-state index contributed by atoms with van der Waals surface area (Å²) < 4.78 is 11.4. The second-order valence-corrected chi connectivity index (χ2v) is 30.4. The molecule has 0 amide bonds. The minimum atomic E-state index is -2.67. The Labute approximate surface area is 275 Å². The van der Waals surface area contributed by atoms with Crippen molar-refractivity contribution in [1.29, 1.82) is 0 Å². The van der Waals surface area contributed by atoms with Crippen LogP contribution >= 0.6 is 9.70 Å². The molecule has 0 bridgehead atoms. The summed E-state index contributed by atoms with van der Waals surface area (Å²) in [5.74, 6) is 3.75. The van der Waals surface area contributed by atoms with E-state index in [2.05, 4.69) is 180 Å². The Morgan fingerprint density at radius 2 is 1.31 bits per heavy atom. The second kappa shape index (κ2) is 16.7. The summed E-state index contributed by atoms with van der Waals surface area (Å²) >= 11 is -4.88. The Kier molecular flexibility index (Phi) is 15.7. The van der Waals surface area contributed by atoms with Crippen LogP contribution in [-0.4, -0.2) is 84.6 Å². The summed E-state index contributed by atoms with van der Waals surface area (Å²) in [5.41, 5.74) is 1.06. The van der Waals surface area contributed by atoms with Gasteiger partial charge in [0.25, 0.3) is 0 Å². The molecule has 7 heteroatoms. The van der Waals surface area contributed by atoms with Gasteiger partial charge in [0.1, 0.15) is 0 Å². The number of hydrogen-bond acceptors (Lipinski definition) is 4. The van der Waals surface area contributed by atoms with Crippen molar-refractivity contribution < 1.29 is 0 Å². The van der Waals surface area contributed by atoms with Crippen molar-refractivity contribution in [2.45, 2.75) is 122 Å². The van der Waals surface area contributed by atoms with Crippen LogP contribution in [0.3, 0.4) is 0 Å². The van der Waals surface area contributed by atoms with Crippen LogP contribution in [0.2, 0.25) is 0 Å². The van der Waals surface area contributed by atoms with Crippen molar-refractivity contribution >= 4 is 50.4 Å². The van der Waals surface area contributed by atoms with E-state index in [9.17, 15) is 0 Å². The van der Waals surface area contributed by atoms with Gasteiger partial charge in [-0.05, 0) is 0 Å². The van der Waals surface area contributed by atoms with Crippen LogP contribution in [0.25, 0.3) is 0 Å². The van der Waals surface area contributed by atoms with Crippen LogP contribution in [0.5, 0.6) is 0 Å². The fourth-order valence-electron chi connectivity index (χ4n) is 5.19. The Morgan fingerprint density at radius 3 is 1.69 bits per heavy atom. The average Bonchev–Trinajstić information content (AvgIpc) is 2.83. The summed E-state index contributed by atoms with van der Waals surface area (Å²) in [6.07, 6.45) is 2.67. The van der Waals surface area contributed by atoms with Crippen LogP contribution in [0.15, 0.2) is 44.4 Å². The van der Waals surface area contributed by atoms with Gasteiger partial charge >= 0.3 is 277 Å². The molecule has 0 unspecified atom stereocenters. The summed E-state index contributed by atoms with van der Waals surface area (Å²) in [6, 6.07) is 10.5.